The predicted octanol–water partition coefficient (Wildman–Crippen LogP) is 5.60. The second-order valence-corrected chi connectivity index (χ2v) is 9.94. The van der Waals surface area contributed by atoms with Crippen LogP contribution in [0.5, 0.6) is 0 Å². The van der Waals surface area contributed by atoms with Gasteiger partial charge in [-0.3, -0.25) is 20.2 Å². The van der Waals surface area contributed by atoms with E-state index in [1.807, 2.05) is 17.0 Å². The van der Waals surface area contributed by atoms with Crippen LogP contribution < -0.4 is 15.5 Å². The summed E-state index contributed by atoms with van der Waals surface area (Å²) < 4.78 is 11.1. The molecule has 2 heterocycles. The minimum absolute atomic E-state index is 0.0538. The smallest absolute Gasteiger partial charge is 0.293 e. The molecule has 10 nitrogen and oxygen atoms in total. The van der Waals surface area contributed by atoms with Crippen molar-refractivity contribution < 1.29 is 18.9 Å². The number of rotatable bonds is 6. The van der Waals surface area contributed by atoms with Gasteiger partial charge in [0.25, 0.3) is 11.6 Å². The quantitative estimate of drug-likeness (QED) is 0.169. The summed E-state index contributed by atoms with van der Waals surface area (Å²) >= 11 is 17.5. The molecule has 0 atom stereocenters. The predicted molar refractivity (Wildman–Crippen MR) is 153 cm³/mol. The van der Waals surface area contributed by atoms with E-state index in [1.165, 1.54) is 12.1 Å². The summed E-state index contributed by atoms with van der Waals surface area (Å²) in [4.78, 5) is 30.2. The molecule has 0 saturated carbocycles. The lowest BCUT2D eigenvalue weighted by Gasteiger charge is -2.28. The van der Waals surface area contributed by atoms with Crippen molar-refractivity contribution in [2.24, 2.45) is 0 Å². The van der Waals surface area contributed by atoms with E-state index in [9.17, 15) is 14.9 Å². The number of halogens is 2. The van der Waals surface area contributed by atoms with Gasteiger partial charge < -0.3 is 19.4 Å². The molecule has 0 bridgehead atoms. The largest absolute Gasteiger partial charge is 0.439 e. The third-order valence-electron chi connectivity index (χ3n) is 6.03. The first-order chi connectivity index (χ1) is 18.8. The zero-order chi connectivity index (χ0) is 27.5. The van der Waals surface area contributed by atoms with Crippen molar-refractivity contribution in [3.05, 3.63) is 91.8 Å². The Balaban J connectivity index is 1.21. The second kappa shape index (κ2) is 11.5. The van der Waals surface area contributed by atoms with E-state index >= 15 is 0 Å². The van der Waals surface area contributed by atoms with Crippen molar-refractivity contribution in [3.63, 3.8) is 0 Å². The summed E-state index contributed by atoms with van der Waals surface area (Å²) in [6, 6.07) is 15.0. The van der Waals surface area contributed by atoms with Gasteiger partial charge in [-0.05, 0) is 54.2 Å². The van der Waals surface area contributed by atoms with E-state index in [4.69, 9.17) is 44.6 Å². The van der Waals surface area contributed by atoms with Gasteiger partial charge in [-0.1, -0.05) is 35.3 Å². The zero-order valence-electron chi connectivity index (χ0n) is 20.3. The van der Waals surface area contributed by atoms with Gasteiger partial charge in [-0.15, -0.1) is 0 Å². The van der Waals surface area contributed by atoms with E-state index in [0.717, 1.165) is 5.56 Å². The van der Waals surface area contributed by atoms with Gasteiger partial charge in [0.05, 0.1) is 23.2 Å². The molecule has 1 fully saturated rings. The van der Waals surface area contributed by atoms with Crippen molar-refractivity contribution in [3.8, 4) is 0 Å². The fraction of sp³-hybridized carbons (Fsp3) is 0.192. The van der Waals surface area contributed by atoms with E-state index in [1.54, 1.807) is 30.3 Å². The molecule has 5 rings (SSSR count). The number of carbonyl (C=O) groups excluding carboxylic acids is 1. The summed E-state index contributed by atoms with van der Waals surface area (Å²) in [5.74, 6) is -0.0677. The zero-order valence-corrected chi connectivity index (χ0v) is 22.6. The number of oxazole rings is 1. The number of hydrogen-bond acceptors (Lipinski definition) is 8. The molecule has 4 aromatic rings. The highest BCUT2D eigenvalue weighted by atomic mass is 35.5. The molecule has 0 spiro atoms. The molecule has 0 unspecified atom stereocenters. The number of nitrogens with zero attached hydrogens (tertiary/aromatic N) is 3. The first kappa shape index (κ1) is 26.8. The maximum atomic E-state index is 12.8. The summed E-state index contributed by atoms with van der Waals surface area (Å²) in [7, 11) is 0. The topological polar surface area (TPSA) is 123 Å². The van der Waals surface area contributed by atoms with Crippen molar-refractivity contribution in [2.45, 2.75) is 6.42 Å². The van der Waals surface area contributed by atoms with E-state index in [2.05, 4.69) is 15.6 Å². The number of amides is 1. The Labute approximate surface area is 238 Å². The molecule has 1 amide bonds. The maximum absolute atomic E-state index is 12.8. The normalized spacial score (nSPS) is 13.3. The van der Waals surface area contributed by atoms with Gasteiger partial charge in [0, 0.05) is 41.9 Å². The number of nitro benzene ring substituents is 1. The molecule has 3 aromatic carbocycles. The number of anilines is 2. The third-order valence-corrected chi connectivity index (χ3v) is 6.74. The van der Waals surface area contributed by atoms with Crippen LogP contribution in [0.15, 0.2) is 59.0 Å². The Morgan fingerprint density at radius 3 is 2.56 bits per heavy atom. The second-order valence-electron chi connectivity index (χ2n) is 8.69. The first-order valence-electron chi connectivity index (χ1n) is 11.8. The van der Waals surface area contributed by atoms with Gasteiger partial charge in [0.1, 0.15) is 11.2 Å². The third kappa shape index (κ3) is 6.28. The van der Waals surface area contributed by atoms with Crippen molar-refractivity contribution in [1.82, 2.24) is 10.3 Å². The molecule has 1 aliphatic heterocycles. The molecule has 0 radical (unpaired) electrons. The van der Waals surface area contributed by atoms with Gasteiger partial charge in [-0.25, -0.2) is 4.98 Å². The number of hydrogen-bond donors (Lipinski definition) is 2. The summed E-state index contributed by atoms with van der Waals surface area (Å²) in [6.45, 7) is 2.05. The van der Waals surface area contributed by atoms with Crippen LogP contribution in [0, 0.1) is 10.1 Å². The number of aromatic nitrogens is 1. The number of thiocarbonyl (C=S) groups is 1. The first-order valence-corrected chi connectivity index (χ1v) is 13.0. The minimum atomic E-state index is -0.560. The Morgan fingerprint density at radius 1 is 1.10 bits per heavy atom. The number of nitro groups is 1. The lowest BCUT2D eigenvalue weighted by Crippen LogP contribution is -2.37. The van der Waals surface area contributed by atoms with Crippen LogP contribution in [0.3, 0.4) is 0 Å². The average molecular weight is 586 g/mol. The number of morpholine rings is 1. The van der Waals surface area contributed by atoms with E-state index in [0.29, 0.717) is 71.1 Å². The molecule has 1 aliphatic rings. The van der Waals surface area contributed by atoms with Crippen LogP contribution in [0.4, 0.5) is 17.1 Å². The maximum Gasteiger partial charge on any atom is 0.293 e. The molecule has 2 N–H and O–H groups in total. The highest BCUT2D eigenvalue weighted by Gasteiger charge is 2.23. The molecule has 13 heteroatoms. The van der Waals surface area contributed by atoms with Crippen molar-refractivity contribution in [1.29, 1.82) is 0 Å². The van der Waals surface area contributed by atoms with Gasteiger partial charge in [0.2, 0.25) is 0 Å². The number of ether oxygens (including phenoxy) is 1. The number of nitrogens with one attached hydrogen (secondary N) is 2. The summed E-state index contributed by atoms with van der Waals surface area (Å²) in [5.41, 5.74) is 3.06. The molecular formula is C26H21Cl2N5O5S. The highest BCUT2D eigenvalue weighted by Crippen LogP contribution is 2.31. The number of benzene rings is 3. The lowest BCUT2D eigenvalue weighted by atomic mass is 10.1. The fourth-order valence-corrected chi connectivity index (χ4v) is 4.91. The molecule has 200 valence electrons. The van der Waals surface area contributed by atoms with Gasteiger partial charge in [0.15, 0.2) is 16.6 Å². The molecular weight excluding hydrogens is 565 g/mol. The van der Waals surface area contributed by atoms with Crippen LogP contribution in [-0.4, -0.2) is 47.2 Å². The lowest BCUT2D eigenvalue weighted by molar-refractivity contribution is -0.384. The van der Waals surface area contributed by atoms with Crippen LogP contribution in [-0.2, 0) is 11.2 Å². The number of carbonyl (C=O) groups is 1. The van der Waals surface area contributed by atoms with Crippen molar-refractivity contribution >= 4 is 74.6 Å². The Bertz CT molecular complexity index is 1570. The Kier molecular flexibility index (Phi) is 7.94. The minimum Gasteiger partial charge on any atom is -0.439 e. The molecule has 39 heavy (non-hydrogen) atoms. The molecule has 1 saturated heterocycles. The average Bonchev–Trinajstić information content (AvgIpc) is 3.32. The van der Waals surface area contributed by atoms with Gasteiger partial charge in [-0.2, -0.15) is 0 Å². The molecule has 1 aromatic heterocycles. The van der Waals surface area contributed by atoms with E-state index in [-0.39, 0.29) is 16.4 Å². The number of fused-ring (bicyclic) bond motifs is 1. The van der Waals surface area contributed by atoms with Crippen LogP contribution in [0.1, 0.15) is 21.8 Å². The molecule has 0 aliphatic carbocycles. The Hall–Kier alpha value is -3.77. The standard InChI is InChI=1S/C26H21Cl2N5O5S/c27-17-13-19(28)24-20(14-17)30-23(38-24)11-15-1-4-18(5-2-15)29-26(39)31-25(34)16-3-6-21(22(12-16)33(35)36)32-7-9-37-10-8-32/h1-6,12-14H,7-11H2,(H2,29,31,34,39). The van der Waals surface area contributed by atoms with Crippen molar-refractivity contribution in [2.75, 3.05) is 36.5 Å². The fourth-order valence-electron chi connectivity index (χ4n) is 4.18. The SMILES string of the molecule is O=C(NC(=S)Nc1ccc(Cc2nc3cc(Cl)cc(Cl)c3o2)cc1)c1ccc(N2CCOCC2)c([N+](=O)[O-])c1. The summed E-state index contributed by atoms with van der Waals surface area (Å²) in [5, 5.41) is 18.1. The highest BCUT2D eigenvalue weighted by molar-refractivity contribution is 7.80. The van der Waals surface area contributed by atoms with Gasteiger partial charge >= 0.3 is 0 Å². The summed E-state index contributed by atoms with van der Waals surface area (Å²) in [6.07, 6.45) is 0.434. The van der Waals surface area contributed by atoms with Crippen LogP contribution >= 0.6 is 35.4 Å². The Morgan fingerprint density at radius 2 is 1.85 bits per heavy atom. The van der Waals surface area contributed by atoms with Crippen LogP contribution in [0.25, 0.3) is 11.1 Å². The monoisotopic (exact) mass is 585 g/mol. The van der Waals surface area contributed by atoms with Crippen LogP contribution in [0.2, 0.25) is 10.0 Å². The van der Waals surface area contributed by atoms with E-state index < -0.39 is 10.8 Å².